The Balaban J connectivity index is 0. The smallest absolute Gasteiger partial charge is 0.00519 e. The Hall–Kier alpha value is -0.0100. The summed E-state index contributed by atoms with van der Waals surface area (Å²) in [4.78, 5) is 0. The molecule has 0 rings (SSSR count). The fourth-order valence-corrected chi connectivity index (χ4v) is 0.767. The van der Waals surface area contributed by atoms with Crippen molar-refractivity contribution in [2.24, 2.45) is 0 Å². The molecule has 0 radical (unpaired) electrons. The van der Waals surface area contributed by atoms with Crippen molar-refractivity contribution in [3.63, 3.8) is 0 Å². The average molecular weight is 164 g/mol. The summed E-state index contributed by atoms with van der Waals surface area (Å²) in [5.74, 6) is 0. The van der Waals surface area contributed by atoms with E-state index in [1.165, 1.54) is 25.7 Å². The molecule has 0 heterocycles. The standard InChI is InChI=1S/C8H17N.ClH/c1-3-4-5-6-7-8-9-2;/h3,9H,1,4-8H2,2H3;1H. The van der Waals surface area contributed by atoms with Crippen LogP contribution in [-0.4, -0.2) is 13.6 Å². The van der Waals surface area contributed by atoms with E-state index in [0.29, 0.717) is 0 Å². The molecule has 62 valence electrons. The zero-order valence-corrected chi connectivity index (χ0v) is 7.54. The maximum Gasteiger partial charge on any atom is -0.00519 e. The highest BCUT2D eigenvalue weighted by Gasteiger charge is 1.83. The Morgan fingerprint density at radius 3 is 2.50 bits per heavy atom. The fraction of sp³-hybridized carbons (Fsp3) is 0.750. The lowest BCUT2D eigenvalue weighted by Gasteiger charge is -1.96. The molecule has 0 aliphatic carbocycles. The molecule has 0 saturated carbocycles. The normalized spacial score (nSPS) is 8.50. The first-order chi connectivity index (χ1) is 4.41. The summed E-state index contributed by atoms with van der Waals surface area (Å²) in [5, 5.41) is 3.12. The highest BCUT2D eigenvalue weighted by Crippen LogP contribution is 1.97. The van der Waals surface area contributed by atoms with Gasteiger partial charge in [-0.3, -0.25) is 0 Å². The molecular formula is C8H18ClN. The fourth-order valence-electron chi connectivity index (χ4n) is 0.767. The molecular weight excluding hydrogens is 146 g/mol. The maximum absolute atomic E-state index is 3.66. The van der Waals surface area contributed by atoms with Gasteiger partial charge in [0.15, 0.2) is 0 Å². The first kappa shape index (κ1) is 12.6. The van der Waals surface area contributed by atoms with Gasteiger partial charge >= 0.3 is 0 Å². The summed E-state index contributed by atoms with van der Waals surface area (Å²) in [7, 11) is 1.99. The van der Waals surface area contributed by atoms with Crippen molar-refractivity contribution in [1.29, 1.82) is 0 Å². The molecule has 10 heavy (non-hydrogen) atoms. The van der Waals surface area contributed by atoms with E-state index in [0.717, 1.165) is 6.54 Å². The number of rotatable bonds is 6. The third kappa shape index (κ3) is 10.9. The van der Waals surface area contributed by atoms with Crippen LogP contribution in [0.4, 0.5) is 0 Å². The highest BCUT2D eigenvalue weighted by molar-refractivity contribution is 5.85. The van der Waals surface area contributed by atoms with E-state index < -0.39 is 0 Å². The average Bonchev–Trinajstić information content (AvgIpc) is 1.89. The molecule has 0 amide bonds. The van der Waals surface area contributed by atoms with E-state index in [4.69, 9.17) is 0 Å². The van der Waals surface area contributed by atoms with E-state index in [-0.39, 0.29) is 12.4 Å². The Bertz CT molecular complexity index is 64.3. The molecule has 0 unspecified atom stereocenters. The van der Waals surface area contributed by atoms with Gasteiger partial charge in [0.05, 0.1) is 0 Å². The van der Waals surface area contributed by atoms with Crippen LogP contribution < -0.4 is 5.32 Å². The molecule has 0 aromatic carbocycles. The van der Waals surface area contributed by atoms with Crippen molar-refractivity contribution >= 4 is 12.4 Å². The van der Waals surface area contributed by atoms with Gasteiger partial charge in [0, 0.05) is 0 Å². The van der Waals surface area contributed by atoms with Gasteiger partial charge in [-0.05, 0) is 32.9 Å². The van der Waals surface area contributed by atoms with Crippen molar-refractivity contribution in [2.75, 3.05) is 13.6 Å². The lowest BCUT2D eigenvalue weighted by atomic mass is 10.2. The molecule has 1 N–H and O–H groups in total. The second-order valence-electron chi connectivity index (χ2n) is 2.24. The zero-order chi connectivity index (χ0) is 6.95. The summed E-state index contributed by atoms with van der Waals surface area (Å²) in [5.41, 5.74) is 0. The Morgan fingerprint density at radius 1 is 1.30 bits per heavy atom. The minimum absolute atomic E-state index is 0. The number of unbranched alkanes of at least 4 members (excludes halogenated alkanes) is 3. The van der Waals surface area contributed by atoms with Crippen LogP contribution in [0.2, 0.25) is 0 Å². The third-order valence-corrected chi connectivity index (χ3v) is 1.34. The molecule has 0 fully saturated rings. The topological polar surface area (TPSA) is 12.0 Å². The second-order valence-corrected chi connectivity index (χ2v) is 2.24. The lowest BCUT2D eigenvalue weighted by Crippen LogP contribution is -2.06. The molecule has 0 saturated heterocycles. The van der Waals surface area contributed by atoms with Crippen LogP contribution >= 0.6 is 12.4 Å². The monoisotopic (exact) mass is 163 g/mol. The van der Waals surface area contributed by atoms with Gasteiger partial charge in [-0.25, -0.2) is 0 Å². The van der Waals surface area contributed by atoms with Gasteiger partial charge in [-0.1, -0.05) is 12.5 Å². The Labute approximate surface area is 70.3 Å². The number of hydrogen-bond acceptors (Lipinski definition) is 1. The molecule has 0 bridgehead atoms. The molecule has 0 aromatic heterocycles. The maximum atomic E-state index is 3.66. The number of halogens is 1. The van der Waals surface area contributed by atoms with Crippen molar-refractivity contribution in [1.82, 2.24) is 5.32 Å². The largest absolute Gasteiger partial charge is 0.320 e. The van der Waals surface area contributed by atoms with E-state index >= 15 is 0 Å². The van der Waals surface area contributed by atoms with Crippen LogP contribution in [0, 0.1) is 0 Å². The quantitative estimate of drug-likeness (QED) is 0.469. The van der Waals surface area contributed by atoms with Crippen molar-refractivity contribution in [3.05, 3.63) is 12.7 Å². The van der Waals surface area contributed by atoms with Gasteiger partial charge in [-0.2, -0.15) is 0 Å². The number of hydrogen-bond donors (Lipinski definition) is 1. The Morgan fingerprint density at radius 2 is 2.00 bits per heavy atom. The third-order valence-electron chi connectivity index (χ3n) is 1.34. The molecule has 0 aliphatic heterocycles. The van der Waals surface area contributed by atoms with Gasteiger partial charge in [0.1, 0.15) is 0 Å². The summed E-state index contributed by atoms with van der Waals surface area (Å²) in [6.07, 6.45) is 7.07. The van der Waals surface area contributed by atoms with Crippen LogP contribution in [-0.2, 0) is 0 Å². The zero-order valence-electron chi connectivity index (χ0n) is 6.73. The van der Waals surface area contributed by atoms with Crippen molar-refractivity contribution in [3.8, 4) is 0 Å². The number of allylic oxidation sites excluding steroid dienone is 1. The molecule has 1 nitrogen and oxygen atoms in total. The molecule has 0 aromatic rings. The van der Waals surface area contributed by atoms with E-state index in [1.54, 1.807) is 0 Å². The Kier molecular flexibility index (Phi) is 14.9. The van der Waals surface area contributed by atoms with Crippen LogP contribution in [0.5, 0.6) is 0 Å². The van der Waals surface area contributed by atoms with Crippen molar-refractivity contribution < 1.29 is 0 Å². The van der Waals surface area contributed by atoms with Gasteiger partial charge in [0.2, 0.25) is 0 Å². The highest BCUT2D eigenvalue weighted by atomic mass is 35.5. The van der Waals surface area contributed by atoms with Crippen LogP contribution in [0.1, 0.15) is 25.7 Å². The predicted octanol–water partition coefficient (Wildman–Crippen LogP) is 2.37. The summed E-state index contributed by atoms with van der Waals surface area (Å²) in [6, 6.07) is 0. The predicted molar refractivity (Wildman–Crippen MR) is 49.8 cm³/mol. The van der Waals surface area contributed by atoms with Crippen LogP contribution in [0.3, 0.4) is 0 Å². The lowest BCUT2D eigenvalue weighted by molar-refractivity contribution is 0.648. The first-order valence-corrected chi connectivity index (χ1v) is 3.67. The summed E-state index contributed by atoms with van der Waals surface area (Å²) in [6.45, 7) is 4.81. The minimum atomic E-state index is 0. The van der Waals surface area contributed by atoms with E-state index in [2.05, 4.69) is 11.9 Å². The number of nitrogens with one attached hydrogen (secondary N) is 1. The van der Waals surface area contributed by atoms with Gasteiger partial charge in [0.25, 0.3) is 0 Å². The molecule has 0 atom stereocenters. The molecule has 0 aliphatic rings. The van der Waals surface area contributed by atoms with Gasteiger partial charge < -0.3 is 5.32 Å². The summed E-state index contributed by atoms with van der Waals surface area (Å²) < 4.78 is 0. The second kappa shape index (κ2) is 11.7. The summed E-state index contributed by atoms with van der Waals surface area (Å²) >= 11 is 0. The minimum Gasteiger partial charge on any atom is -0.320 e. The van der Waals surface area contributed by atoms with Crippen LogP contribution in [0.25, 0.3) is 0 Å². The van der Waals surface area contributed by atoms with Crippen molar-refractivity contribution in [2.45, 2.75) is 25.7 Å². The van der Waals surface area contributed by atoms with Crippen LogP contribution in [0.15, 0.2) is 12.7 Å². The molecule has 2 heteroatoms. The first-order valence-electron chi connectivity index (χ1n) is 3.67. The van der Waals surface area contributed by atoms with Gasteiger partial charge in [-0.15, -0.1) is 19.0 Å². The SMILES string of the molecule is C=CCCCCCNC.Cl. The van der Waals surface area contributed by atoms with E-state index in [9.17, 15) is 0 Å². The molecule has 0 spiro atoms. The van der Waals surface area contributed by atoms with E-state index in [1.807, 2.05) is 13.1 Å².